The molecule has 0 bridgehead atoms. The number of carbonyl (C=O) groups is 1. The Morgan fingerprint density at radius 2 is 2.00 bits per heavy atom. The van der Waals surface area contributed by atoms with Gasteiger partial charge in [-0.1, -0.05) is 0 Å². The molecule has 2 aromatic heterocycles. The maximum absolute atomic E-state index is 12.8. The summed E-state index contributed by atoms with van der Waals surface area (Å²) in [5, 5.41) is 3.25. The van der Waals surface area contributed by atoms with Crippen molar-refractivity contribution in [1.29, 1.82) is 0 Å². The third-order valence-electron chi connectivity index (χ3n) is 5.64. The summed E-state index contributed by atoms with van der Waals surface area (Å²) in [6, 6.07) is 6.98. The molecule has 0 atom stereocenters. The van der Waals surface area contributed by atoms with Gasteiger partial charge in [-0.2, -0.15) is 0 Å². The van der Waals surface area contributed by atoms with Crippen LogP contribution in [0.2, 0.25) is 0 Å². The lowest BCUT2D eigenvalue weighted by Crippen LogP contribution is -2.45. The normalized spacial score (nSPS) is 19.3. The van der Waals surface area contributed by atoms with Crippen molar-refractivity contribution >= 4 is 5.91 Å². The lowest BCUT2D eigenvalue weighted by atomic mass is 10.0. The minimum absolute atomic E-state index is 0.0590. The highest BCUT2D eigenvalue weighted by atomic mass is 16.3. The molecule has 3 heterocycles. The Labute approximate surface area is 149 Å². The first-order valence-electron chi connectivity index (χ1n) is 9.36. The SMILES string of the molecule is Cc1cc(C(=O)NC2CCN(C3CC3)CC2)c(C)n1Cc1ccco1. The molecular formula is C20H27N3O2. The van der Waals surface area contributed by atoms with Gasteiger partial charge in [0.15, 0.2) is 0 Å². The molecule has 134 valence electrons. The number of hydrogen-bond acceptors (Lipinski definition) is 3. The van der Waals surface area contributed by atoms with Gasteiger partial charge in [-0.05, 0) is 57.7 Å². The van der Waals surface area contributed by atoms with Crippen LogP contribution in [0, 0.1) is 13.8 Å². The topological polar surface area (TPSA) is 50.4 Å². The van der Waals surface area contributed by atoms with E-state index in [9.17, 15) is 4.79 Å². The number of amides is 1. The number of aromatic nitrogens is 1. The Morgan fingerprint density at radius 1 is 1.24 bits per heavy atom. The van der Waals surface area contributed by atoms with Crippen LogP contribution in [0.3, 0.4) is 0 Å². The van der Waals surface area contributed by atoms with Gasteiger partial charge in [-0.15, -0.1) is 0 Å². The average molecular weight is 341 g/mol. The van der Waals surface area contributed by atoms with E-state index >= 15 is 0 Å². The van der Waals surface area contributed by atoms with Crippen LogP contribution in [0.1, 0.15) is 53.2 Å². The zero-order valence-corrected chi connectivity index (χ0v) is 15.1. The van der Waals surface area contributed by atoms with E-state index in [1.807, 2.05) is 32.0 Å². The van der Waals surface area contributed by atoms with E-state index in [-0.39, 0.29) is 5.91 Å². The summed E-state index contributed by atoms with van der Waals surface area (Å²) < 4.78 is 7.59. The van der Waals surface area contributed by atoms with E-state index in [1.165, 1.54) is 12.8 Å². The van der Waals surface area contributed by atoms with E-state index in [2.05, 4.69) is 14.8 Å². The summed E-state index contributed by atoms with van der Waals surface area (Å²) in [6.07, 6.45) is 6.53. The Bertz CT molecular complexity index is 735. The lowest BCUT2D eigenvalue weighted by molar-refractivity contribution is 0.0908. The molecule has 5 heteroatoms. The van der Waals surface area contributed by atoms with Crippen LogP contribution < -0.4 is 5.32 Å². The lowest BCUT2D eigenvalue weighted by Gasteiger charge is -2.32. The molecule has 4 rings (SSSR count). The Hall–Kier alpha value is -2.01. The van der Waals surface area contributed by atoms with E-state index in [4.69, 9.17) is 4.42 Å². The molecular weight excluding hydrogens is 314 g/mol. The molecule has 2 aromatic rings. The van der Waals surface area contributed by atoms with Crippen molar-refractivity contribution in [2.45, 2.75) is 58.2 Å². The molecule has 5 nitrogen and oxygen atoms in total. The molecule has 2 fully saturated rings. The van der Waals surface area contributed by atoms with Gasteiger partial charge in [0.05, 0.1) is 18.4 Å². The van der Waals surface area contributed by atoms with Gasteiger partial charge in [0.1, 0.15) is 5.76 Å². The summed E-state index contributed by atoms with van der Waals surface area (Å²) in [4.78, 5) is 15.3. The quantitative estimate of drug-likeness (QED) is 0.909. The Kier molecular flexibility index (Phi) is 4.42. The van der Waals surface area contributed by atoms with Crippen LogP contribution in [-0.2, 0) is 6.54 Å². The van der Waals surface area contributed by atoms with Crippen molar-refractivity contribution in [2.75, 3.05) is 13.1 Å². The number of furan rings is 1. The second-order valence-corrected chi connectivity index (χ2v) is 7.47. The van der Waals surface area contributed by atoms with E-state index < -0.39 is 0 Å². The number of likely N-dealkylation sites (tertiary alicyclic amines) is 1. The summed E-state index contributed by atoms with van der Waals surface area (Å²) in [6.45, 7) is 6.96. The molecule has 1 amide bonds. The van der Waals surface area contributed by atoms with Crippen LogP contribution in [0.5, 0.6) is 0 Å². The largest absolute Gasteiger partial charge is 0.467 e. The highest BCUT2D eigenvalue weighted by molar-refractivity contribution is 5.95. The van der Waals surface area contributed by atoms with Crippen LogP contribution in [0.15, 0.2) is 28.9 Å². The van der Waals surface area contributed by atoms with Gasteiger partial charge in [0.25, 0.3) is 5.91 Å². The molecule has 0 unspecified atom stereocenters. The number of hydrogen-bond donors (Lipinski definition) is 1. The zero-order chi connectivity index (χ0) is 17.4. The number of rotatable bonds is 5. The van der Waals surface area contributed by atoms with Crippen molar-refractivity contribution in [3.63, 3.8) is 0 Å². The van der Waals surface area contributed by atoms with Crippen molar-refractivity contribution in [3.8, 4) is 0 Å². The third-order valence-corrected chi connectivity index (χ3v) is 5.64. The summed E-state index contributed by atoms with van der Waals surface area (Å²) >= 11 is 0. The van der Waals surface area contributed by atoms with Gasteiger partial charge in [-0.25, -0.2) is 0 Å². The number of carbonyl (C=O) groups excluding carboxylic acids is 1. The maximum Gasteiger partial charge on any atom is 0.253 e. The van der Waals surface area contributed by atoms with Gasteiger partial charge in [0, 0.05) is 36.6 Å². The molecule has 0 radical (unpaired) electrons. The van der Waals surface area contributed by atoms with Crippen LogP contribution in [0.4, 0.5) is 0 Å². The fourth-order valence-electron chi connectivity index (χ4n) is 3.94. The molecule has 25 heavy (non-hydrogen) atoms. The van der Waals surface area contributed by atoms with Crippen molar-refractivity contribution in [1.82, 2.24) is 14.8 Å². The van der Waals surface area contributed by atoms with Gasteiger partial charge in [-0.3, -0.25) is 4.79 Å². The summed E-state index contributed by atoms with van der Waals surface area (Å²) in [7, 11) is 0. The highest BCUT2D eigenvalue weighted by Gasteiger charge is 2.32. The average Bonchev–Trinajstić information content (AvgIpc) is 3.26. The monoisotopic (exact) mass is 341 g/mol. The Morgan fingerprint density at radius 3 is 2.64 bits per heavy atom. The number of nitrogens with zero attached hydrogens (tertiary/aromatic N) is 2. The fourth-order valence-corrected chi connectivity index (χ4v) is 3.94. The van der Waals surface area contributed by atoms with Crippen molar-refractivity contribution in [3.05, 3.63) is 47.2 Å². The molecule has 0 aromatic carbocycles. The van der Waals surface area contributed by atoms with E-state index in [0.717, 1.165) is 54.7 Å². The standard InChI is InChI=1S/C20H27N3O2/c1-14-12-19(15(2)23(14)13-18-4-3-11-25-18)20(24)21-16-7-9-22(10-8-16)17-5-6-17/h3-4,11-12,16-17H,5-10,13H2,1-2H3,(H,21,24). The molecule has 1 aliphatic carbocycles. The van der Waals surface area contributed by atoms with Gasteiger partial charge in [0.2, 0.25) is 0 Å². The van der Waals surface area contributed by atoms with Crippen molar-refractivity contribution in [2.24, 2.45) is 0 Å². The molecule has 2 aliphatic rings. The summed E-state index contributed by atoms with van der Waals surface area (Å²) in [5.74, 6) is 0.963. The zero-order valence-electron chi connectivity index (χ0n) is 15.1. The van der Waals surface area contributed by atoms with Crippen LogP contribution in [-0.4, -0.2) is 40.5 Å². The van der Waals surface area contributed by atoms with Crippen LogP contribution in [0.25, 0.3) is 0 Å². The molecule has 1 aliphatic heterocycles. The Balaban J connectivity index is 1.40. The van der Waals surface area contributed by atoms with Crippen molar-refractivity contribution < 1.29 is 9.21 Å². The highest BCUT2D eigenvalue weighted by Crippen LogP contribution is 2.29. The molecule has 1 N–H and O–H groups in total. The number of nitrogens with one attached hydrogen (secondary N) is 1. The first-order chi connectivity index (χ1) is 12.1. The fraction of sp³-hybridized carbons (Fsp3) is 0.550. The summed E-state index contributed by atoms with van der Waals surface area (Å²) in [5.41, 5.74) is 2.87. The van der Waals surface area contributed by atoms with E-state index in [1.54, 1.807) is 6.26 Å². The minimum Gasteiger partial charge on any atom is -0.467 e. The predicted molar refractivity (Wildman–Crippen MR) is 96.8 cm³/mol. The number of aryl methyl sites for hydroxylation is 1. The van der Waals surface area contributed by atoms with Gasteiger partial charge < -0.3 is 19.2 Å². The molecule has 1 saturated carbocycles. The predicted octanol–water partition coefficient (Wildman–Crippen LogP) is 3.10. The second kappa shape index (κ2) is 6.71. The smallest absolute Gasteiger partial charge is 0.253 e. The van der Waals surface area contributed by atoms with E-state index in [0.29, 0.717) is 12.6 Å². The molecule has 1 saturated heterocycles. The second-order valence-electron chi connectivity index (χ2n) is 7.47. The van der Waals surface area contributed by atoms with Gasteiger partial charge >= 0.3 is 0 Å². The minimum atomic E-state index is 0.0590. The first kappa shape index (κ1) is 16.5. The van der Waals surface area contributed by atoms with Crippen LogP contribution >= 0.6 is 0 Å². The maximum atomic E-state index is 12.8. The molecule has 0 spiro atoms. The number of piperidine rings is 1. The third kappa shape index (κ3) is 3.52. The first-order valence-corrected chi connectivity index (χ1v) is 9.36.